The summed E-state index contributed by atoms with van der Waals surface area (Å²) in [5.41, 5.74) is 0.336. The molecule has 116 valence electrons. The largest absolute Gasteiger partial charge is 0.573 e. The number of aliphatic imine (C=N–C) groups is 1. The predicted octanol–water partition coefficient (Wildman–Crippen LogP) is 4.89. The standard InChI is InChI=1S/C13H14BrF3N2OS/c1-12(2)6-18-11(21-7-12)19-9-4-3-8(14)5-10(9)20-13(15,16)17/h3-5H,6-7H2,1-2H3,(H,18,19). The molecule has 1 aromatic carbocycles. The molecule has 1 aliphatic heterocycles. The molecule has 0 spiro atoms. The molecular formula is C13H14BrF3N2OS. The van der Waals surface area contributed by atoms with Crippen molar-refractivity contribution in [3.63, 3.8) is 0 Å². The molecule has 0 atom stereocenters. The van der Waals surface area contributed by atoms with Crippen LogP contribution in [0.15, 0.2) is 27.7 Å². The number of hydrogen-bond acceptors (Lipinski definition) is 4. The van der Waals surface area contributed by atoms with Crippen LogP contribution in [0.2, 0.25) is 0 Å². The smallest absolute Gasteiger partial charge is 0.404 e. The van der Waals surface area contributed by atoms with Crippen LogP contribution in [0.1, 0.15) is 13.8 Å². The molecule has 0 unspecified atom stereocenters. The SMILES string of the molecule is CC1(C)CN=C(Nc2ccc(Br)cc2OC(F)(F)F)SC1. The molecule has 0 saturated carbocycles. The molecule has 1 heterocycles. The van der Waals surface area contributed by atoms with Crippen LogP contribution in [0.25, 0.3) is 0 Å². The number of amidine groups is 1. The van der Waals surface area contributed by atoms with Crippen LogP contribution < -0.4 is 10.1 Å². The van der Waals surface area contributed by atoms with Crippen molar-refractivity contribution in [3.8, 4) is 5.75 Å². The van der Waals surface area contributed by atoms with Gasteiger partial charge < -0.3 is 10.1 Å². The number of nitrogens with one attached hydrogen (secondary N) is 1. The van der Waals surface area contributed by atoms with E-state index in [9.17, 15) is 13.2 Å². The molecule has 8 heteroatoms. The maximum absolute atomic E-state index is 12.4. The quantitative estimate of drug-likeness (QED) is 0.790. The van der Waals surface area contributed by atoms with Crippen molar-refractivity contribution in [3.05, 3.63) is 22.7 Å². The Balaban J connectivity index is 2.18. The molecule has 2 rings (SSSR count). The van der Waals surface area contributed by atoms with Gasteiger partial charge in [0.2, 0.25) is 0 Å². The molecule has 0 radical (unpaired) electrons. The van der Waals surface area contributed by atoms with Gasteiger partial charge >= 0.3 is 6.36 Å². The Bertz CT molecular complexity index is 561. The van der Waals surface area contributed by atoms with Crippen molar-refractivity contribution < 1.29 is 17.9 Å². The third-order valence-corrected chi connectivity index (χ3v) is 4.58. The second-order valence-corrected chi connectivity index (χ2v) is 7.27. The Morgan fingerprint density at radius 2 is 2.10 bits per heavy atom. The Labute approximate surface area is 133 Å². The third kappa shape index (κ3) is 5.10. The first kappa shape index (κ1) is 16.5. The number of benzene rings is 1. The second kappa shape index (κ2) is 6.08. The minimum atomic E-state index is -4.74. The molecule has 1 N–H and O–H groups in total. The second-order valence-electron chi connectivity index (χ2n) is 5.39. The summed E-state index contributed by atoms with van der Waals surface area (Å²) in [4.78, 5) is 4.36. The van der Waals surface area contributed by atoms with Gasteiger partial charge in [0.05, 0.1) is 5.69 Å². The van der Waals surface area contributed by atoms with Crippen LogP contribution in [0, 0.1) is 5.41 Å². The summed E-state index contributed by atoms with van der Waals surface area (Å²) < 4.78 is 41.8. The maximum Gasteiger partial charge on any atom is 0.573 e. The van der Waals surface area contributed by atoms with Crippen molar-refractivity contribution in [2.24, 2.45) is 10.4 Å². The summed E-state index contributed by atoms with van der Waals surface area (Å²) >= 11 is 4.62. The Hall–Kier alpha value is -0.890. The van der Waals surface area contributed by atoms with Gasteiger partial charge in [-0.2, -0.15) is 0 Å². The zero-order valence-electron chi connectivity index (χ0n) is 11.4. The molecule has 0 aliphatic carbocycles. The highest BCUT2D eigenvalue weighted by atomic mass is 79.9. The van der Waals surface area contributed by atoms with Gasteiger partial charge in [-0.25, -0.2) is 0 Å². The molecule has 0 amide bonds. The summed E-state index contributed by atoms with van der Waals surface area (Å²) in [6.45, 7) is 4.82. The number of ether oxygens (including phenoxy) is 1. The molecular weight excluding hydrogens is 369 g/mol. The van der Waals surface area contributed by atoms with E-state index in [4.69, 9.17) is 0 Å². The van der Waals surface area contributed by atoms with Crippen LogP contribution in [0.5, 0.6) is 5.75 Å². The lowest BCUT2D eigenvalue weighted by atomic mass is 9.97. The van der Waals surface area contributed by atoms with Crippen LogP contribution in [-0.4, -0.2) is 23.8 Å². The summed E-state index contributed by atoms with van der Waals surface area (Å²) in [5.74, 6) is 0.565. The first-order valence-electron chi connectivity index (χ1n) is 6.14. The summed E-state index contributed by atoms with van der Waals surface area (Å²) in [5, 5.41) is 3.50. The average Bonchev–Trinajstić information content (AvgIpc) is 2.33. The van der Waals surface area contributed by atoms with Crippen LogP contribution >= 0.6 is 27.7 Å². The average molecular weight is 383 g/mol. The van der Waals surface area contributed by atoms with Gasteiger partial charge in [-0.3, -0.25) is 4.99 Å². The lowest BCUT2D eigenvalue weighted by Crippen LogP contribution is -2.27. The number of nitrogens with zero attached hydrogens (tertiary/aromatic N) is 1. The summed E-state index contributed by atoms with van der Waals surface area (Å²) in [6.07, 6.45) is -4.74. The lowest BCUT2D eigenvalue weighted by Gasteiger charge is -2.27. The fourth-order valence-corrected chi connectivity index (χ4v) is 2.94. The Kier molecular flexibility index (Phi) is 4.77. The highest BCUT2D eigenvalue weighted by molar-refractivity contribution is 9.10. The molecule has 21 heavy (non-hydrogen) atoms. The zero-order valence-corrected chi connectivity index (χ0v) is 13.8. The number of halogens is 4. The summed E-state index contributed by atoms with van der Waals surface area (Å²) in [6, 6.07) is 4.44. The van der Waals surface area contributed by atoms with Crippen LogP contribution in [0.4, 0.5) is 18.9 Å². The van der Waals surface area contributed by atoms with Gasteiger partial charge in [0.25, 0.3) is 0 Å². The summed E-state index contributed by atoms with van der Waals surface area (Å²) in [7, 11) is 0. The minimum absolute atomic E-state index is 0.0981. The topological polar surface area (TPSA) is 33.6 Å². The highest BCUT2D eigenvalue weighted by Crippen LogP contribution is 2.35. The van der Waals surface area contributed by atoms with Gasteiger partial charge in [-0.15, -0.1) is 13.2 Å². The Morgan fingerprint density at radius 3 is 2.67 bits per heavy atom. The number of anilines is 1. The Morgan fingerprint density at radius 1 is 1.38 bits per heavy atom. The molecule has 0 bridgehead atoms. The van der Waals surface area contributed by atoms with E-state index in [2.05, 4.69) is 44.8 Å². The van der Waals surface area contributed by atoms with Gasteiger partial charge in [-0.05, 0) is 23.6 Å². The fraction of sp³-hybridized carbons (Fsp3) is 0.462. The third-order valence-electron chi connectivity index (χ3n) is 2.66. The van der Waals surface area contributed by atoms with E-state index in [0.717, 1.165) is 5.75 Å². The maximum atomic E-state index is 12.4. The van der Waals surface area contributed by atoms with E-state index in [1.54, 1.807) is 6.07 Å². The number of hydrogen-bond donors (Lipinski definition) is 1. The monoisotopic (exact) mass is 382 g/mol. The number of rotatable bonds is 2. The molecule has 0 aromatic heterocycles. The fourth-order valence-electron chi connectivity index (χ4n) is 1.64. The van der Waals surface area contributed by atoms with E-state index >= 15 is 0 Å². The first-order chi connectivity index (χ1) is 9.65. The minimum Gasteiger partial charge on any atom is -0.404 e. The molecule has 1 aliphatic rings. The van der Waals surface area contributed by atoms with E-state index in [-0.39, 0.29) is 16.9 Å². The molecule has 1 aromatic rings. The van der Waals surface area contributed by atoms with Crippen molar-refractivity contribution in [1.29, 1.82) is 0 Å². The van der Waals surface area contributed by atoms with Crippen molar-refractivity contribution in [1.82, 2.24) is 0 Å². The van der Waals surface area contributed by atoms with Gasteiger partial charge in [0.1, 0.15) is 0 Å². The van der Waals surface area contributed by atoms with E-state index in [1.807, 2.05) is 0 Å². The number of thioether (sulfide) groups is 1. The van der Waals surface area contributed by atoms with Crippen LogP contribution in [-0.2, 0) is 0 Å². The highest BCUT2D eigenvalue weighted by Gasteiger charge is 2.32. The van der Waals surface area contributed by atoms with Crippen molar-refractivity contribution >= 4 is 38.5 Å². The van der Waals surface area contributed by atoms with E-state index in [1.165, 1.54) is 23.9 Å². The van der Waals surface area contributed by atoms with Crippen LogP contribution in [0.3, 0.4) is 0 Å². The van der Waals surface area contributed by atoms with Gasteiger partial charge in [0.15, 0.2) is 10.9 Å². The zero-order chi connectivity index (χ0) is 15.7. The van der Waals surface area contributed by atoms with Crippen molar-refractivity contribution in [2.45, 2.75) is 20.2 Å². The number of alkyl halides is 3. The van der Waals surface area contributed by atoms with Crippen molar-refractivity contribution in [2.75, 3.05) is 17.6 Å². The van der Waals surface area contributed by atoms with E-state index < -0.39 is 6.36 Å². The predicted molar refractivity (Wildman–Crippen MR) is 83.0 cm³/mol. The van der Waals surface area contributed by atoms with Gasteiger partial charge in [0, 0.05) is 16.8 Å². The van der Waals surface area contributed by atoms with E-state index in [0.29, 0.717) is 16.2 Å². The molecule has 3 nitrogen and oxygen atoms in total. The molecule has 0 fully saturated rings. The van der Waals surface area contributed by atoms with Gasteiger partial charge in [-0.1, -0.05) is 41.5 Å². The normalized spacial score (nSPS) is 18.1. The lowest BCUT2D eigenvalue weighted by molar-refractivity contribution is -0.274. The first-order valence-corrected chi connectivity index (χ1v) is 7.92. The molecule has 0 saturated heterocycles.